The molecule has 0 radical (unpaired) electrons. The minimum atomic E-state index is -0.606. The second-order valence-corrected chi connectivity index (χ2v) is 5.75. The third-order valence-electron chi connectivity index (χ3n) is 3.60. The summed E-state index contributed by atoms with van der Waals surface area (Å²) in [5.74, 6) is 0.562. The van der Waals surface area contributed by atoms with Crippen molar-refractivity contribution in [3.8, 4) is 17.1 Å². The van der Waals surface area contributed by atoms with Crippen LogP contribution in [0.1, 0.15) is 16.2 Å². The van der Waals surface area contributed by atoms with Crippen molar-refractivity contribution in [1.29, 1.82) is 0 Å². The maximum Gasteiger partial charge on any atom is 0.270 e. The number of carbonyl (C=O) groups is 1. The number of hydrogen-bond donors (Lipinski definition) is 1. The molecule has 1 amide bonds. The minimum Gasteiger partial charge on any atom is -0.497 e. The number of aromatic nitrogens is 2. The Kier molecular flexibility index (Phi) is 5.32. The molecule has 0 aliphatic rings. The van der Waals surface area contributed by atoms with Crippen molar-refractivity contribution < 1.29 is 19.0 Å². The summed E-state index contributed by atoms with van der Waals surface area (Å²) < 4.78 is 10.3. The third kappa shape index (κ3) is 4.21. The number of ether oxygens (including phenoxy) is 1. The van der Waals surface area contributed by atoms with Crippen LogP contribution >= 0.6 is 11.6 Å². The van der Waals surface area contributed by atoms with E-state index < -0.39 is 10.8 Å². The molecule has 10 heteroatoms. The number of benzene rings is 2. The van der Waals surface area contributed by atoms with Gasteiger partial charge in [0.2, 0.25) is 11.7 Å². The Morgan fingerprint density at radius 3 is 2.89 bits per heavy atom. The van der Waals surface area contributed by atoms with Crippen LogP contribution in [0.2, 0.25) is 5.02 Å². The first kappa shape index (κ1) is 18.3. The van der Waals surface area contributed by atoms with Crippen molar-refractivity contribution in [3.05, 3.63) is 69.1 Å². The number of halogens is 1. The normalized spacial score (nSPS) is 10.4. The van der Waals surface area contributed by atoms with E-state index in [0.29, 0.717) is 17.1 Å². The second kappa shape index (κ2) is 7.83. The standard InChI is InChI=1S/C17H13ClN4O5/c1-26-12-4-2-3-10(7-12)16-20-15(27-21-16)9-19-17(23)13-8-11(22(24)25)5-6-14(13)18/h2-8H,9H2,1H3,(H,19,23). The molecule has 1 aromatic heterocycles. The number of nitrogens with one attached hydrogen (secondary N) is 1. The molecule has 0 fully saturated rings. The zero-order valence-electron chi connectivity index (χ0n) is 14.0. The molecule has 1 heterocycles. The number of hydrogen-bond acceptors (Lipinski definition) is 7. The monoisotopic (exact) mass is 388 g/mol. The van der Waals surface area contributed by atoms with Gasteiger partial charge in [-0.3, -0.25) is 14.9 Å². The molecule has 0 unspecified atom stereocenters. The van der Waals surface area contributed by atoms with Gasteiger partial charge in [0.15, 0.2) is 0 Å². The van der Waals surface area contributed by atoms with Crippen LogP contribution in [-0.2, 0) is 6.54 Å². The van der Waals surface area contributed by atoms with Crippen LogP contribution in [0, 0.1) is 10.1 Å². The van der Waals surface area contributed by atoms with Crippen LogP contribution in [0.25, 0.3) is 11.4 Å². The van der Waals surface area contributed by atoms with Gasteiger partial charge in [0, 0.05) is 17.7 Å². The topological polar surface area (TPSA) is 120 Å². The predicted octanol–water partition coefficient (Wildman–Crippen LogP) is 3.24. The third-order valence-corrected chi connectivity index (χ3v) is 3.93. The molecule has 0 spiro atoms. The van der Waals surface area contributed by atoms with Crippen LogP contribution in [0.5, 0.6) is 5.75 Å². The van der Waals surface area contributed by atoms with Crippen LogP contribution < -0.4 is 10.1 Å². The summed E-state index contributed by atoms with van der Waals surface area (Å²) in [5.41, 5.74) is 0.443. The van der Waals surface area contributed by atoms with Gasteiger partial charge in [-0.15, -0.1) is 0 Å². The van der Waals surface area contributed by atoms with Crippen LogP contribution in [-0.4, -0.2) is 28.1 Å². The van der Waals surface area contributed by atoms with Gasteiger partial charge in [0.1, 0.15) is 5.75 Å². The van der Waals surface area contributed by atoms with E-state index in [9.17, 15) is 14.9 Å². The van der Waals surface area contributed by atoms with Crippen LogP contribution in [0.15, 0.2) is 47.0 Å². The van der Waals surface area contributed by atoms with E-state index in [2.05, 4.69) is 15.5 Å². The van der Waals surface area contributed by atoms with Crippen LogP contribution in [0.3, 0.4) is 0 Å². The summed E-state index contributed by atoms with van der Waals surface area (Å²) in [6, 6.07) is 10.7. The number of amides is 1. The number of methoxy groups -OCH3 is 1. The lowest BCUT2D eigenvalue weighted by atomic mass is 10.2. The van der Waals surface area contributed by atoms with Crippen LogP contribution in [0.4, 0.5) is 5.69 Å². The van der Waals surface area contributed by atoms with Gasteiger partial charge >= 0.3 is 0 Å². The Morgan fingerprint density at radius 2 is 2.15 bits per heavy atom. The van der Waals surface area contributed by atoms with E-state index in [1.54, 1.807) is 31.4 Å². The highest BCUT2D eigenvalue weighted by molar-refractivity contribution is 6.33. The fourth-order valence-corrected chi connectivity index (χ4v) is 2.46. The van der Waals surface area contributed by atoms with E-state index in [1.165, 1.54) is 12.1 Å². The molecule has 3 aromatic rings. The fraction of sp³-hybridized carbons (Fsp3) is 0.118. The van der Waals surface area contributed by atoms with Gasteiger partial charge in [-0.2, -0.15) is 4.98 Å². The number of nitro groups is 1. The molecule has 0 saturated carbocycles. The van der Waals surface area contributed by atoms with E-state index >= 15 is 0 Å². The first-order valence-electron chi connectivity index (χ1n) is 7.67. The Morgan fingerprint density at radius 1 is 1.33 bits per heavy atom. The highest BCUT2D eigenvalue weighted by atomic mass is 35.5. The molecule has 0 saturated heterocycles. The number of carbonyl (C=O) groups excluding carboxylic acids is 1. The maximum absolute atomic E-state index is 12.2. The average molecular weight is 389 g/mol. The molecular formula is C17H13ClN4O5. The van der Waals surface area contributed by atoms with Gasteiger partial charge in [-0.05, 0) is 18.2 Å². The van der Waals surface area contributed by atoms with Crippen molar-refractivity contribution in [1.82, 2.24) is 15.5 Å². The van der Waals surface area contributed by atoms with E-state index in [1.807, 2.05) is 0 Å². The fourth-order valence-electron chi connectivity index (χ4n) is 2.26. The molecular weight excluding hydrogens is 376 g/mol. The van der Waals surface area contributed by atoms with Crippen molar-refractivity contribution in [2.45, 2.75) is 6.54 Å². The molecule has 27 heavy (non-hydrogen) atoms. The molecule has 0 atom stereocenters. The summed E-state index contributed by atoms with van der Waals surface area (Å²) in [6.07, 6.45) is 0. The number of nitrogens with zero attached hydrogens (tertiary/aromatic N) is 3. The Bertz CT molecular complexity index is 1000. The first-order valence-corrected chi connectivity index (χ1v) is 8.05. The molecule has 1 N–H and O–H groups in total. The van der Waals surface area contributed by atoms with Gasteiger partial charge in [-0.25, -0.2) is 0 Å². The zero-order valence-corrected chi connectivity index (χ0v) is 14.8. The van der Waals surface area contributed by atoms with Crippen molar-refractivity contribution in [2.24, 2.45) is 0 Å². The SMILES string of the molecule is COc1cccc(-c2noc(CNC(=O)c3cc([N+](=O)[O-])ccc3Cl)n2)c1. The first-order chi connectivity index (χ1) is 13.0. The van der Waals surface area contributed by atoms with E-state index in [-0.39, 0.29) is 28.7 Å². The highest BCUT2D eigenvalue weighted by Crippen LogP contribution is 2.23. The van der Waals surface area contributed by atoms with Crippen molar-refractivity contribution in [3.63, 3.8) is 0 Å². The number of rotatable bonds is 6. The second-order valence-electron chi connectivity index (χ2n) is 5.35. The molecule has 138 valence electrons. The minimum absolute atomic E-state index is 0.0154. The summed E-state index contributed by atoms with van der Waals surface area (Å²) in [6.45, 7) is -0.0607. The lowest BCUT2D eigenvalue weighted by Crippen LogP contribution is -2.23. The largest absolute Gasteiger partial charge is 0.497 e. The Hall–Kier alpha value is -3.46. The zero-order chi connectivity index (χ0) is 19.4. The summed E-state index contributed by atoms with van der Waals surface area (Å²) >= 11 is 5.94. The predicted molar refractivity (Wildman–Crippen MR) is 95.6 cm³/mol. The summed E-state index contributed by atoms with van der Waals surface area (Å²) in [4.78, 5) is 26.7. The lowest BCUT2D eigenvalue weighted by Gasteiger charge is -2.04. The number of nitro benzene ring substituents is 1. The van der Waals surface area contributed by atoms with Gasteiger partial charge in [0.05, 0.1) is 29.2 Å². The Balaban J connectivity index is 1.70. The molecule has 0 aliphatic heterocycles. The molecule has 2 aromatic carbocycles. The highest BCUT2D eigenvalue weighted by Gasteiger charge is 2.17. The van der Waals surface area contributed by atoms with Gasteiger partial charge in [0.25, 0.3) is 11.6 Å². The average Bonchev–Trinajstić information content (AvgIpc) is 3.15. The lowest BCUT2D eigenvalue weighted by molar-refractivity contribution is -0.384. The molecule has 9 nitrogen and oxygen atoms in total. The maximum atomic E-state index is 12.2. The summed E-state index contributed by atoms with van der Waals surface area (Å²) in [7, 11) is 1.55. The number of non-ortho nitro benzene ring substituents is 1. The molecule has 0 aliphatic carbocycles. The van der Waals surface area contributed by atoms with Crippen molar-refractivity contribution >= 4 is 23.2 Å². The van der Waals surface area contributed by atoms with E-state index in [0.717, 1.165) is 6.07 Å². The Labute approximate surface area is 158 Å². The smallest absolute Gasteiger partial charge is 0.270 e. The molecule has 3 rings (SSSR count). The summed E-state index contributed by atoms with van der Waals surface area (Å²) in [5, 5.41) is 17.3. The van der Waals surface area contributed by atoms with Gasteiger partial charge < -0.3 is 14.6 Å². The quantitative estimate of drug-likeness (QED) is 0.508. The van der Waals surface area contributed by atoms with Gasteiger partial charge in [-0.1, -0.05) is 28.9 Å². The van der Waals surface area contributed by atoms with E-state index in [4.69, 9.17) is 20.9 Å². The van der Waals surface area contributed by atoms with Crippen molar-refractivity contribution in [2.75, 3.05) is 7.11 Å². The molecule has 0 bridgehead atoms.